The highest BCUT2D eigenvalue weighted by Gasteiger charge is 2.29. The Labute approximate surface area is 184 Å². The standard InChI is InChI=1S/C22H25N5O5/c1-3-25(4-2)10-11-26-17-7-8-18(27(30)31)21-19(17)20(24-26)15-13-14(5-6-16(15)23-21)9-12-32-22(28)29/h5-8,13,23H,3-4,9-12H2,1-2H3,(H,28,29). The maximum atomic E-state index is 11.7. The number of aromatic nitrogens is 2. The molecule has 168 valence electrons. The molecule has 0 fully saturated rings. The van der Waals surface area contributed by atoms with E-state index in [1.807, 2.05) is 22.9 Å². The molecule has 2 heterocycles. The molecule has 0 saturated heterocycles. The fourth-order valence-electron chi connectivity index (χ4n) is 4.12. The van der Waals surface area contributed by atoms with Crippen LogP contribution in [0.4, 0.5) is 21.9 Å². The monoisotopic (exact) mass is 439 g/mol. The first kappa shape index (κ1) is 21.6. The van der Waals surface area contributed by atoms with Gasteiger partial charge in [0.05, 0.1) is 29.0 Å². The molecule has 1 aromatic heterocycles. The van der Waals surface area contributed by atoms with E-state index in [1.165, 1.54) is 6.07 Å². The van der Waals surface area contributed by atoms with E-state index >= 15 is 0 Å². The molecule has 3 aromatic rings. The fraction of sp³-hybridized carbons (Fsp3) is 0.364. The summed E-state index contributed by atoms with van der Waals surface area (Å²) in [7, 11) is 0. The molecule has 10 nitrogen and oxygen atoms in total. The van der Waals surface area contributed by atoms with Gasteiger partial charge in [-0.1, -0.05) is 19.9 Å². The first-order chi connectivity index (χ1) is 15.4. The molecule has 0 bridgehead atoms. The summed E-state index contributed by atoms with van der Waals surface area (Å²) < 4.78 is 6.54. The summed E-state index contributed by atoms with van der Waals surface area (Å²) in [5.74, 6) is 0. The van der Waals surface area contributed by atoms with Crippen LogP contribution in [-0.4, -0.2) is 57.1 Å². The van der Waals surface area contributed by atoms with Crippen LogP contribution in [0, 0.1) is 10.1 Å². The lowest BCUT2D eigenvalue weighted by Gasteiger charge is -2.18. The molecule has 0 amide bonds. The summed E-state index contributed by atoms with van der Waals surface area (Å²) in [6.07, 6.45) is -0.882. The zero-order valence-electron chi connectivity index (χ0n) is 18.0. The van der Waals surface area contributed by atoms with E-state index in [1.54, 1.807) is 6.07 Å². The van der Waals surface area contributed by atoms with Crippen molar-refractivity contribution < 1.29 is 19.6 Å². The van der Waals surface area contributed by atoms with E-state index in [0.29, 0.717) is 24.3 Å². The highest BCUT2D eigenvalue weighted by molar-refractivity contribution is 6.12. The van der Waals surface area contributed by atoms with Crippen LogP contribution in [-0.2, 0) is 17.7 Å². The summed E-state index contributed by atoms with van der Waals surface area (Å²) >= 11 is 0. The average molecular weight is 439 g/mol. The molecule has 2 aromatic carbocycles. The third-order valence-electron chi connectivity index (χ3n) is 5.83. The predicted octanol–water partition coefficient (Wildman–Crippen LogP) is 4.25. The Morgan fingerprint density at radius 1 is 1.28 bits per heavy atom. The Morgan fingerprint density at radius 3 is 2.75 bits per heavy atom. The number of nitrogens with one attached hydrogen (secondary N) is 1. The highest BCUT2D eigenvalue weighted by atomic mass is 16.7. The molecule has 0 saturated carbocycles. The minimum atomic E-state index is -1.31. The van der Waals surface area contributed by atoms with Crippen molar-refractivity contribution in [2.75, 3.05) is 31.6 Å². The molecule has 0 atom stereocenters. The molecule has 0 spiro atoms. The molecular weight excluding hydrogens is 414 g/mol. The van der Waals surface area contributed by atoms with Crippen LogP contribution in [0.3, 0.4) is 0 Å². The number of likely N-dealkylation sites (N-methyl/N-ethyl adjacent to an activating group) is 1. The van der Waals surface area contributed by atoms with E-state index in [0.717, 1.165) is 47.4 Å². The molecule has 0 aliphatic carbocycles. The Bertz CT molecular complexity index is 1190. The van der Waals surface area contributed by atoms with Gasteiger partial charge in [0.15, 0.2) is 0 Å². The maximum absolute atomic E-state index is 11.7. The number of ether oxygens (including phenoxy) is 1. The lowest BCUT2D eigenvalue weighted by atomic mass is 9.97. The second kappa shape index (κ2) is 8.83. The van der Waals surface area contributed by atoms with Gasteiger partial charge in [0.2, 0.25) is 0 Å². The normalized spacial score (nSPS) is 12.0. The highest BCUT2D eigenvalue weighted by Crippen LogP contribution is 2.47. The lowest BCUT2D eigenvalue weighted by molar-refractivity contribution is -0.383. The average Bonchev–Trinajstić information content (AvgIpc) is 3.14. The van der Waals surface area contributed by atoms with Crippen LogP contribution in [0.1, 0.15) is 19.4 Å². The largest absolute Gasteiger partial charge is 0.505 e. The second-order valence-corrected chi connectivity index (χ2v) is 7.58. The molecular formula is C22H25N5O5. The van der Waals surface area contributed by atoms with Gasteiger partial charge in [0.25, 0.3) is 5.69 Å². The maximum Gasteiger partial charge on any atom is 0.505 e. The number of fused-ring (bicyclic) bond motifs is 2. The van der Waals surface area contributed by atoms with Gasteiger partial charge in [-0.3, -0.25) is 14.8 Å². The van der Waals surface area contributed by atoms with Crippen molar-refractivity contribution in [1.82, 2.24) is 14.7 Å². The smallest absolute Gasteiger partial charge is 0.450 e. The van der Waals surface area contributed by atoms with E-state index in [-0.39, 0.29) is 17.2 Å². The van der Waals surface area contributed by atoms with Crippen molar-refractivity contribution in [2.45, 2.75) is 26.8 Å². The minimum absolute atomic E-state index is 0.00614. The topological polar surface area (TPSA) is 123 Å². The predicted molar refractivity (Wildman–Crippen MR) is 121 cm³/mol. The third-order valence-corrected chi connectivity index (χ3v) is 5.83. The molecule has 1 aliphatic heterocycles. The Hall–Kier alpha value is -3.66. The van der Waals surface area contributed by atoms with E-state index in [4.69, 9.17) is 10.2 Å². The van der Waals surface area contributed by atoms with Gasteiger partial charge in [-0.05, 0) is 36.9 Å². The van der Waals surface area contributed by atoms with Crippen LogP contribution >= 0.6 is 0 Å². The third kappa shape index (κ3) is 3.96. The van der Waals surface area contributed by atoms with Crippen LogP contribution in [0.15, 0.2) is 30.3 Å². The summed E-state index contributed by atoms with van der Waals surface area (Å²) in [5.41, 5.74) is 4.44. The zero-order chi connectivity index (χ0) is 22.8. The van der Waals surface area contributed by atoms with Gasteiger partial charge in [-0.2, -0.15) is 5.10 Å². The van der Waals surface area contributed by atoms with Gasteiger partial charge in [-0.15, -0.1) is 0 Å². The number of carbonyl (C=O) groups is 1. The number of anilines is 2. The number of carboxylic acid groups (broad SMARTS) is 1. The van der Waals surface area contributed by atoms with E-state index in [2.05, 4.69) is 28.8 Å². The van der Waals surface area contributed by atoms with Gasteiger partial charge in [0.1, 0.15) is 11.4 Å². The van der Waals surface area contributed by atoms with Crippen LogP contribution < -0.4 is 5.32 Å². The number of benzene rings is 2. The summed E-state index contributed by atoms with van der Waals surface area (Å²) in [5, 5.41) is 29.2. The Kier molecular flexibility index (Phi) is 5.95. The minimum Gasteiger partial charge on any atom is -0.450 e. The second-order valence-electron chi connectivity index (χ2n) is 7.58. The van der Waals surface area contributed by atoms with Gasteiger partial charge < -0.3 is 20.1 Å². The first-order valence-corrected chi connectivity index (χ1v) is 10.6. The molecule has 2 N–H and O–H groups in total. The summed E-state index contributed by atoms with van der Waals surface area (Å²) in [6, 6.07) is 8.91. The van der Waals surface area contributed by atoms with Crippen LogP contribution in [0.5, 0.6) is 0 Å². The van der Waals surface area contributed by atoms with Crippen molar-refractivity contribution in [3.05, 3.63) is 46.0 Å². The lowest BCUT2D eigenvalue weighted by Crippen LogP contribution is -2.27. The molecule has 0 unspecified atom stereocenters. The van der Waals surface area contributed by atoms with Crippen LogP contribution in [0.2, 0.25) is 0 Å². The van der Waals surface area contributed by atoms with Crippen molar-refractivity contribution >= 4 is 34.1 Å². The Balaban J connectivity index is 1.78. The van der Waals surface area contributed by atoms with Crippen molar-refractivity contribution in [1.29, 1.82) is 0 Å². The van der Waals surface area contributed by atoms with E-state index < -0.39 is 6.16 Å². The number of nitro groups is 1. The van der Waals surface area contributed by atoms with Crippen molar-refractivity contribution in [2.24, 2.45) is 0 Å². The van der Waals surface area contributed by atoms with Gasteiger partial charge >= 0.3 is 6.16 Å². The van der Waals surface area contributed by atoms with Gasteiger partial charge in [0, 0.05) is 30.3 Å². The molecule has 4 rings (SSSR count). The molecule has 1 aliphatic rings. The summed E-state index contributed by atoms with van der Waals surface area (Å²) in [6.45, 7) is 7.64. The first-order valence-electron chi connectivity index (χ1n) is 10.6. The summed E-state index contributed by atoms with van der Waals surface area (Å²) in [4.78, 5) is 24.2. The molecule has 32 heavy (non-hydrogen) atoms. The number of hydrogen-bond acceptors (Lipinski definition) is 7. The quantitative estimate of drug-likeness (QED) is 0.225. The number of hydrogen-bond donors (Lipinski definition) is 2. The zero-order valence-corrected chi connectivity index (χ0v) is 18.0. The fourth-order valence-corrected chi connectivity index (χ4v) is 4.12. The number of nitro benzene ring substituents is 1. The molecule has 0 radical (unpaired) electrons. The Morgan fingerprint density at radius 2 is 2.06 bits per heavy atom. The van der Waals surface area contributed by atoms with E-state index in [9.17, 15) is 14.9 Å². The number of rotatable bonds is 9. The van der Waals surface area contributed by atoms with Crippen molar-refractivity contribution in [3.8, 4) is 11.3 Å². The molecule has 10 heteroatoms. The van der Waals surface area contributed by atoms with Gasteiger partial charge in [-0.25, -0.2) is 4.79 Å². The number of nitrogens with zero attached hydrogens (tertiary/aromatic N) is 4. The van der Waals surface area contributed by atoms with Crippen molar-refractivity contribution in [3.63, 3.8) is 0 Å². The SMILES string of the molecule is CCN(CC)CCn1nc2c3c(c([N+](=O)[O-])ccc31)Nc1ccc(CCOC(=O)O)cc1-2. The van der Waals surface area contributed by atoms with Crippen LogP contribution in [0.25, 0.3) is 22.2 Å².